The number of halogens is 2. The van der Waals surface area contributed by atoms with Gasteiger partial charge in [0.15, 0.2) is 70.1 Å². The van der Waals surface area contributed by atoms with Crippen LogP contribution in [0.4, 0.5) is 0 Å². The summed E-state index contributed by atoms with van der Waals surface area (Å²) in [4.78, 5) is 33.8. The highest BCUT2D eigenvalue weighted by molar-refractivity contribution is 9.09. The first-order valence-electron chi connectivity index (χ1n) is 33.7. The van der Waals surface area contributed by atoms with Crippen LogP contribution in [0.25, 0.3) is 44.9 Å². The number of carbonyl (C=O) groups is 3. The molecule has 11 aromatic rings. The maximum Gasteiger partial charge on any atom is 0.268 e. The van der Waals surface area contributed by atoms with Gasteiger partial charge < -0.3 is 51.9 Å². The molecule has 22 nitrogen and oxygen atoms in total. The quantitative estimate of drug-likeness (QED) is 0.0368. The van der Waals surface area contributed by atoms with Crippen molar-refractivity contribution in [3.8, 4) is 57.5 Å². The van der Waals surface area contributed by atoms with Crippen LogP contribution < -0.4 is 47.4 Å². The fourth-order valence-electron chi connectivity index (χ4n) is 11.6. The number of aldehydes is 3. The predicted molar refractivity (Wildman–Crippen MR) is 422 cm³/mol. The Hall–Kier alpha value is -10.5. The summed E-state index contributed by atoms with van der Waals surface area (Å²) in [5, 5.41) is 3.57. The zero-order valence-corrected chi connectivity index (χ0v) is 65.9. The minimum atomic E-state index is -3.92. The van der Waals surface area contributed by atoms with Gasteiger partial charge in [0.1, 0.15) is 6.29 Å². The molecule has 0 N–H and O–H groups in total. The minimum absolute atomic E-state index is 0.0316. The van der Waals surface area contributed by atoms with Crippen LogP contribution in [0.1, 0.15) is 68.9 Å². The normalized spacial score (nSPS) is 12.9. The second kappa shape index (κ2) is 37.3. The van der Waals surface area contributed by atoms with Crippen LogP contribution in [-0.2, 0) is 53.3 Å². The first kappa shape index (κ1) is 81.6. The zero-order chi connectivity index (χ0) is 77.9. The molecule has 108 heavy (non-hydrogen) atoms. The van der Waals surface area contributed by atoms with Crippen molar-refractivity contribution in [3.05, 3.63) is 221 Å². The number of hydrogen-bond donors (Lipinski definition) is 0. The molecule has 4 aliphatic carbocycles. The van der Waals surface area contributed by atoms with Crippen molar-refractivity contribution in [3.63, 3.8) is 0 Å². The molecule has 0 unspecified atom stereocenters. The van der Waals surface area contributed by atoms with E-state index in [2.05, 4.69) is 32.6 Å². The van der Waals surface area contributed by atoms with E-state index < -0.39 is 29.1 Å². The van der Waals surface area contributed by atoms with E-state index >= 15 is 0 Å². The Kier molecular flexibility index (Phi) is 28.2. The predicted octanol–water partition coefficient (Wildman–Crippen LogP) is 16.0. The summed E-state index contributed by atoms with van der Waals surface area (Å²) in [5.41, 5.74) is 8.15. The van der Waals surface area contributed by atoms with Gasteiger partial charge in [0.05, 0.1) is 114 Å². The number of alkyl halides is 1. The minimum Gasteiger partial charge on any atom is -0.493 e. The first-order chi connectivity index (χ1) is 52.0. The molecule has 8 aromatic carbocycles. The molecular formula is C81H83BrClN3O19S3. The summed E-state index contributed by atoms with van der Waals surface area (Å²) >= 11 is 3.38. The Balaban J connectivity index is 0.000000150. The van der Waals surface area contributed by atoms with E-state index in [9.17, 15) is 39.6 Å². The SMILES string of the molecule is BrCC1CC1.COc1cc2c(cc1OC)CC(C=O)=C2.COc1cc2c(cc1OC)CC=C2.COc1cc2cc(C=O)n(CC3CC3)c2cc1OC.COc1cc2cc(C=O)n(S(=O)(=O)c3ccccc3)c2cc1OC.COc1cc2ccn(S(=O)(=O)c3ccccc3)c2cc1OC.O=S(=O)(Cl)c1ccccc1. The summed E-state index contributed by atoms with van der Waals surface area (Å²) in [5.74, 6) is 8.04. The monoisotopic (exact) mass is 1610 g/mol. The van der Waals surface area contributed by atoms with Crippen molar-refractivity contribution >= 4 is 119 Å². The average molecular weight is 1610 g/mol. The molecule has 0 atom stereocenters. The van der Waals surface area contributed by atoms with E-state index in [-0.39, 0.29) is 20.4 Å². The number of allylic oxidation sites excluding steroid dienone is 2. The van der Waals surface area contributed by atoms with E-state index in [1.807, 2.05) is 48.5 Å². The van der Waals surface area contributed by atoms with Gasteiger partial charge in [-0.05, 0) is 175 Å². The Morgan fingerprint density at radius 3 is 1.28 bits per heavy atom. The van der Waals surface area contributed by atoms with Crippen LogP contribution in [0, 0.1) is 11.8 Å². The standard InChI is InChI=1S/C17H15NO5S.C16H15NO4S.C15H17NO3.C12H12O3.C11H12O2.C6H5ClO2S.C4H7Br/c1-22-16-9-12-8-13(11-19)18(15(12)10-17(16)23-2)24(20,21)14-6-4-3-5-7-14;1-20-15-10-12-8-9-17(14(12)11-16(15)21-2)22(18,19)13-6-4-3-5-7-13;1-18-14-6-11-5-12(9-17)16(8-10-3-4-10)13(11)7-15(14)19-2;1-14-11-5-9-3-8(7-13)4-10(9)6-12(11)15-2;1-12-10-6-8-4-3-5-9(8)7-11(10)13-2;7-10(8,9)6-4-2-1-3-5-6;5-3-4-1-2-4/h3-11H,1-2H3;3-11H,1-2H3;5-7,9-10H,3-4,8H2,1-2H3;3,5-7H,4H2,1-2H3;3-4,6-7H,5H2,1-2H3;1-5H;4H,1-3H2. The fraction of sp³-hybridized carbons (Fsp3) is 0.247. The number of nitrogens with zero attached hydrogens (tertiary/aromatic N) is 3. The molecule has 568 valence electrons. The van der Waals surface area contributed by atoms with Crippen molar-refractivity contribution in [2.24, 2.45) is 11.8 Å². The summed E-state index contributed by atoms with van der Waals surface area (Å²) in [6, 6.07) is 47.6. The third-order valence-electron chi connectivity index (χ3n) is 17.6. The number of rotatable bonds is 21. The fourth-order valence-corrected chi connectivity index (χ4v) is 15.9. The van der Waals surface area contributed by atoms with Gasteiger partial charge in [0, 0.05) is 69.5 Å². The number of aromatic nitrogens is 3. The van der Waals surface area contributed by atoms with Gasteiger partial charge in [-0.3, -0.25) is 14.4 Å². The molecule has 2 fully saturated rings. The maximum absolute atomic E-state index is 13.0. The highest BCUT2D eigenvalue weighted by Gasteiger charge is 2.27. The lowest BCUT2D eigenvalue weighted by molar-refractivity contribution is -0.104. The number of methoxy groups -OCH3 is 10. The maximum atomic E-state index is 13.0. The lowest BCUT2D eigenvalue weighted by Gasteiger charge is -2.11. The number of fused-ring (bicyclic) bond motifs is 5. The van der Waals surface area contributed by atoms with Crippen LogP contribution in [0.15, 0.2) is 202 Å². The molecule has 0 amide bonds. The van der Waals surface area contributed by atoms with Gasteiger partial charge in [-0.1, -0.05) is 82.7 Å². The molecule has 27 heteroatoms. The molecule has 3 heterocycles. The van der Waals surface area contributed by atoms with Crippen LogP contribution in [0.3, 0.4) is 0 Å². The van der Waals surface area contributed by atoms with Crippen LogP contribution in [-0.4, -0.2) is 133 Å². The van der Waals surface area contributed by atoms with Gasteiger partial charge in [0.25, 0.3) is 29.1 Å². The zero-order valence-electron chi connectivity index (χ0n) is 61.1. The highest BCUT2D eigenvalue weighted by atomic mass is 79.9. The van der Waals surface area contributed by atoms with Gasteiger partial charge >= 0.3 is 0 Å². The number of ether oxygens (including phenoxy) is 10. The second-order valence-electron chi connectivity index (χ2n) is 24.5. The van der Waals surface area contributed by atoms with Crippen molar-refractivity contribution in [1.82, 2.24) is 12.5 Å². The highest BCUT2D eigenvalue weighted by Crippen LogP contribution is 2.41. The molecule has 15 rings (SSSR count). The van der Waals surface area contributed by atoms with Gasteiger partial charge in [0.2, 0.25) is 0 Å². The lowest BCUT2D eigenvalue weighted by atomic mass is 10.1. The van der Waals surface area contributed by atoms with Crippen LogP contribution >= 0.6 is 26.6 Å². The Bertz CT molecular complexity index is 5410. The van der Waals surface area contributed by atoms with Gasteiger partial charge in [-0.15, -0.1) is 0 Å². The summed E-state index contributed by atoms with van der Waals surface area (Å²) in [7, 11) is 9.70. The average Bonchev–Trinajstić information content (AvgIpc) is 1.57. The molecular weight excluding hydrogens is 1530 g/mol. The number of benzene rings is 8. The van der Waals surface area contributed by atoms with Crippen LogP contribution in [0.5, 0.6) is 57.5 Å². The molecule has 0 aliphatic heterocycles. The molecule has 4 aliphatic rings. The van der Waals surface area contributed by atoms with Gasteiger partial charge in [-0.2, -0.15) is 0 Å². The van der Waals surface area contributed by atoms with Crippen molar-refractivity contribution < 1.29 is 87.0 Å². The van der Waals surface area contributed by atoms with Gasteiger partial charge in [-0.25, -0.2) is 33.2 Å². The molecule has 3 aromatic heterocycles. The number of carbonyl (C=O) groups excluding carboxylic acids is 3. The molecule has 0 saturated heterocycles. The lowest BCUT2D eigenvalue weighted by Crippen LogP contribution is -2.15. The van der Waals surface area contributed by atoms with Crippen molar-refractivity contribution in [2.75, 3.05) is 76.4 Å². The van der Waals surface area contributed by atoms with E-state index in [1.54, 1.807) is 147 Å². The van der Waals surface area contributed by atoms with Crippen LogP contribution in [0.2, 0.25) is 0 Å². The molecule has 0 radical (unpaired) electrons. The van der Waals surface area contributed by atoms with Crippen molar-refractivity contribution in [1.29, 1.82) is 0 Å². The second-order valence-corrected chi connectivity index (χ2v) is 31.3. The summed E-state index contributed by atoms with van der Waals surface area (Å²) in [6.07, 6.45) is 17.1. The first-order valence-corrected chi connectivity index (χ1v) is 40.0. The number of hydrogen-bond acceptors (Lipinski definition) is 19. The van der Waals surface area contributed by atoms with Crippen molar-refractivity contribution in [2.45, 2.75) is 59.8 Å². The Morgan fingerprint density at radius 1 is 0.426 bits per heavy atom. The third kappa shape index (κ3) is 19.6. The van der Waals surface area contributed by atoms with E-state index in [0.717, 1.165) is 85.6 Å². The molecule has 0 bridgehead atoms. The van der Waals surface area contributed by atoms with E-state index in [4.69, 9.17) is 58.1 Å². The Labute approximate surface area is 641 Å². The molecule has 2 saturated carbocycles. The van der Waals surface area contributed by atoms with E-state index in [0.29, 0.717) is 81.0 Å². The Morgan fingerprint density at radius 2 is 0.833 bits per heavy atom. The smallest absolute Gasteiger partial charge is 0.268 e. The third-order valence-corrected chi connectivity index (χ3v) is 23.3. The van der Waals surface area contributed by atoms with E-state index in [1.165, 1.54) is 104 Å². The summed E-state index contributed by atoms with van der Waals surface area (Å²) in [6.45, 7) is 0.910. The summed E-state index contributed by atoms with van der Waals surface area (Å²) < 4.78 is 129. The largest absolute Gasteiger partial charge is 0.493 e. The molecule has 0 spiro atoms. The topological polar surface area (TPSA) is 261 Å².